The highest BCUT2D eigenvalue weighted by Crippen LogP contribution is 2.65. The summed E-state index contributed by atoms with van der Waals surface area (Å²) in [7, 11) is 1.66. The Labute approximate surface area is 221 Å². The first-order chi connectivity index (χ1) is 18.6. The number of anilines is 1. The molecule has 2 N–H and O–H groups in total. The molecule has 0 radical (unpaired) electrons. The monoisotopic (exact) mass is 505 g/mol. The summed E-state index contributed by atoms with van der Waals surface area (Å²) in [6, 6.07) is 16.5. The summed E-state index contributed by atoms with van der Waals surface area (Å²) in [5.41, 5.74) is 6.62. The van der Waals surface area contributed by atoms with Crippen molar-refractivity contribution in [3.63, 3.8) is 0 Å². The second-order valence-corrected chi connectivity index (χ2v) is 10.8. The molecular formula is C31H31N5O2. The number of H-pyrrole nitrogens is 1. The largest absolute Gasteiger partial charge is 0.497 e. The van der Waals surface area contributed by atoms with Gasteiger partial charge in [-0.05, 0) is 85.5 Å². The second-order valence-electron chi connectivity index (χ2n) is 10.8. The Bertz CT molecular complexity index is 1550. The summed E-state index contributed by atoms with van der Waals surface area (Å²) in [5.74, 6) is 0.990. The fourth-order valence-electron chi connectivity index (χ4n) is 6.25. The van der Waals surface area contributed by atoms with E-state index in [1.165, 1.54) is 32.4 Å². The number of fused-ring (bicyclic) bond motifs is 3. The fourth-order valence-corrected chi connectivity index (χ4v) is 6.25. The maximum Gasteiger partial charge on any atom is 0.235 e. The van der Waals surface area contributed by atoms with Crippen molar-refractivity contribution in [3.05, 3.63) is 82.8 Å². The Morgan fingerprint density at radius 3 is 2.79 bits per heavy atom. The first kappa shape index (κ1) is 23.2. The average Bonchev–Trinajstić information content (AvgIpc) is 3.50. The average molecular weight is 506 g/mol. The Balaban J connectivity index is 1.08. The minimum Gasteiger partial charge on any atom is -0.497 e. The summed E-state index contributed by atoms with van der Waals surface area (Å²) >= 11 is 0. The van der Waals surface area contributed by atoms with E-state index in [0.717, 1.165) is 63.4 Å². The van der Waals surface area contributed by atoms with Gasteiger partial charge >= 0.3 is 0 Å². The van der Waals surface area contributed by atoms with Crippen molar-refractivity contribution >= 4 is 34.6 Å². The molecular weight excluding hydrogens is 474 g/mol. The number of ether oxygens (including phenoxy) is 1. The molecule has 4 heterocycles. The van der Waals surface area contributed by atoms with Crippen LogP contribution in [0.1, 0.15) is 59.7 Å². The van der Waals surface area contributed by atoms with Crippen LogP contribution < -0.4 is 10.1 Å². The molecule has 1 spiro atoms. The zero-order valence-electron chi connectivity index (χ0n) is 21.5. The van der Waals surface area contributed by atoms with Gasteiger partial charge in [-0.25, -0.2) is 0 Å². The number of methoxy groups -OCH3 is 1. The number of aromatic nitrogens is 3. The molecule has 38 heavy (non-hydrogen) atoms. The van der Waals surface area contributed by atoms with Crippen LogP contribution in [0, 0.1) is 0 Å². The third-order valence-electron chi connectivity index (χ3n) is 8.46. The summed E-state index contributed by atoms with van der Waals surface area (Å²) < 4.78 is 5.42. The molecule has 2 aliphatic heterocycles. The van der Waals surface area contributed by atoms with Gasteiger partial charge in [-0.2, -0.15) is 5.10 Å². The number of pyridine rings is 1. The lowest BCUT2D eigenvalue weighted by Crippen LogP contribution is -2.29. The molecule has 192 valence electrons. The summed E-state index contributed by atoms with van der Waals surface area (Å²) in [4.78, 5) is 20.2. The highest BCUT2D eigenvalue weighted by molar-refractivity contribution is 6.10. The summed E-state index contributed by atoms with van der Waals surface area (Å²) in [6.07, 6.45) is 10.8. The van der Waals surface area contributed by atoms with Gasteiger partial charge in [0.15, 0.2) is 0 Å². The number of likely N-dealkylation sites (tertiary alicyclic amines) is 1. The van der Waals surface area contributed by atoms with Crippen LogP contribution in [0.15, 0.2) is 54.7 Å². The van der Waals surface area contributed by atoms with Crippen LogP contribution in [0.5, 0.6) is 5.75 Å². The molecule has 2 aromatic heterocycles. The van der Waals surface area contributed by atoms with Crippen LogP contribution in [-0.4, -0.2) is 46.2 Å². The van der Waals surface area contributed by atoms with Gasteiger partial charge in [-0.1, -0.05) is 30.7 Å². The van der Waals surface area contributed by atoms with E-state index in [2.05, 4.69) is 61.8 Å². The van der Waals surface area contributed by atoms with Crippen LogP contribution in [0.2, 0.25) is 0 Å². The molecule has 0 bridgehead atoms. The number of carbonyl (C=O) groups is 1. The number of hydrogen-bond donors (Lipinski definition) is 2. The first-order valence-electron chi connectivity index (χ1n) is 13.5. The van der Waals surface area contributed by atoms with Crippen molar-refractivity contribution in [1.29, 1.82) is 0 Å². The molecule has 1 aliphatic carbocycles. The smallest absolute Gasteiger partial charge is 0.235 e. The van der Waals surface area contributed by atoms with Crippen molar-refractivity contribution in [3.8, 4) is 5.75 Å². The number of nitrogens with zero attached hydrogens (tertiary/aromatic N) is 3. The predicted octanol–water partition coefficient (Wildman–Crippen LogP) is 5.50. The van der Waals surface area contributed by atoms with Gasteiger partial charge in [0.2, 0.25) is 5.91 Å². The number of amides is 1. The normalized spacial score (nSPS) is 22.8. The number of hydrogen-bond acceptors (Lipinski definition) is 5. The Morgan fingerprint density at radius 1 is 1.08 bits per heavy atom. The third-order valence-corrected chi connectivity index (χ3v) is 8.46. The van der Waals surface area contributed by atoms with Crippen molar-refractivity contribution < 1.29 is 9.53 Å². The van der Waals surface area contributed by atoms with Gasteiger partial charge in [-0.15, -0.1) is 0 Å². The van der Waals surface area contributed by atoms with Crippen LogP contribution in [0.4, 0.5) is 5.69 Å². The topological polar surface area (TPSA) is 83.1 Å². The lowest BCUT2D eigenvalue weighted by Gasteiger charge is -2.25. The highest BCUT2D eigenvalue weighted by Gasteiger charge is 2.65. The number of rotatable bonds is 6. The van der Waals surface area contributed by atoms with Gasteiger partial charge in [-0.3, -0.25) is 19.8 Å². The molecule has 2 atom stereocenters. The zero-order chi connectivity index (χ0) is 25.7. The van der Waals surface area contributed by atoms with Crippen molar-refractivity contribution in [2.24, 2.45) is 0 Å². The molecule has 1 amide bonds. The second kappa shape index (κ2) is 9.10. The van der Waals surface area contributed by atoms with Gasteiger partial charge < -0.3 is 10.1 Å². The number of nitrogens with one attached hydrogen (secondary N) is 2. The maximum absolute atomic E-state index is 13.0. The van der Waals surface area contributed by atoms with Crippen LogP contribution >= 0.6 is 0 Å². The summed E-state index contributed by atoms with van der Waals surface area (Å²) in [5, 5.41) is 11.9. The number of aromatic amines is 1. The lowest BCUT2D eigenvalue weighted by atomic mass is 9.91. The van der Waals surface area contributed by atoms with E-state index in [1.54, 1.807) is 7.11 Å². The molecule has 7 nitrogen and oxygen atoms in total. The van der Waals surface area contributed by atoms with E-state index in [-0.39, 0.29) is 11.8 Å². The zero-order valence-corrected chi connectivity index (χ0v) is 21.5. The molecule has 7 rings (SSSR count). The highest BCUT2D eigenvalue weighted by atomic mass is 16.5. The van der Waals surface area contributed by atoms with Crippen molar-refractivity contribution in [1.82, 2.24) is 20.1 Å². The predicted molar refractivity (Wildman–Crippen MR) is 149 cm³/mol. The van der Waals surface area contributed by atoms with E-state index in [0.29, 0.717) is 0 Å². The lowest BCUT2D eigenvalue weighted by molar-refractivity contribution is -0.118. The molecule has 3 aliphatic rings. The standard InChI is InChI=1S/C31H31N5O2/c1-38-23-9-12-28-25(16-23)31(30(37)33-28)17-26(31)21-7-10-24-27(34-35-29(24)15-21)11-6-20-5-8-22(32-18-20)19-36-13-3-2-4-14-36/h5-12,15-16,18,26H,2-4,13-14,17,19H2,1H3,(H,33,37)(H,34,35)/b11-6+. The number of piperidine rings is 1. The number of carbonyl (C=O) groups excluding carboxylic acids is 1. The quantitative estimate of drug-likeness (QED) is 0.362. The molecule has 2 unspecified atom stereocenters. The molecule has 4 aromatic rings. The molecule has 7 heteroatoms. The van der Waals surface area contributed by atoms with Crippen LogP contribution in [0.3, 0.4) is 0 Å². The van der Waals surface area contributed by atoms with Crippen LogP contribution in [-0.2, 0) is 16.8 Å². The third kappa shape index (κ3) is 3.89. The van der Waals surface area contributed by atoms with Crippen LogP contribution in [0.25, 0.3) is 23.1 Å². The van der Waals surface area contributed by atoms with Gasteiger partial charge in [0.25, 0.3) is 0 Å². The van der Waals surface area contributed by atoms with E-state index in [4.69, 9.17) is 4.74 Å². The van der Waals surface area contributed by atoms with Gasteiger partial charge in [0.05, 0.1) is 29.4 Å². The van der Waals surface area contributed by atoms with E-state index >= 15 is 0 Å². The molecule has 1 saturated carbocycles. The minimum absolute atomic E-state index is 0.0784. The minimum atomic E-state index is -0.506. The SMILES string of the molecule is COc1ccc2c(c1)C1(CC1c1ccc3c(/C=C/c4ccc(CN5CCCCC5)nc4)n[nH]c3c1)C(=O)N2. The molecule has 1 saturated heterocycles. The van der Waals surface area contributed by atoms with Gasteiger partial charge in [0, 0.05) is 29.7 Å². The van der Waals surface area contributed by atoms with Crippen molar-refractivity contribution in [2.45, 2.75) is 43.6 Å². The van der Waals surface area contributed by atoms with Crippen molar-refractivity contribution in [2.75, 3.05) is 25.5 Å². The first-order valence-corrected chi connectivity index (χ1v) is 13.5. The Morgan fingerprint density at radius 2 is 1.97 bits per heavy atom. The van der Waals surface area contributed by atoms with Gasteiger partial charge in [0.1, 0.15) is 5.75 Å². The molecule has 2 aromatic carbocycles. The number of benzene rings is 2. The van der Waals surface area contributed by atoms with E-state index in [1.807, 2.05) is 30.5 Å². The van der Waals surface area contributed by atoms with E-state index < -0.39 is 5.41 Å². The fraction of sp³-hybridized carbons (Fsp3) is 0.323. The Hall–Kier alpha value is -3.97. The maximum atomic E-state index is 13.0. The van der Waals surface area contributed by atoms with E-state index in [9.17, 15) is 4.79 Å². The molecule has 2 fully saturated rings. The Kier molecular flexibility index (Phi) is 5.55. The summed E-state index contributed by atoms with van der Waals surface area (Å²) in [6.45, 7) is 3.28.